The maximum atomic E-state index is 12.3. The zero-order chi connectivity index (χ0) is 22.3. The minimum atomic E-state index is -1.01. The second-order valence-electron chi connectivity index (χ2n) is 8.09. The molecule has 0 amide bonds. The number of carbonyl (C=O) groups is 2. The number of rotatable bonds is 6. The number of hydrogen-bond donors (Lipinski definition) is 2. The van der Waals surface area contributed by atoms with E-state index in [1.165, 1.54) is 6.07 Å². The largest absolute Gasteiger partial charge is 0.480 e. The number of aromatic carboxylic acids is 1. The summed E-state index contributed by atoms with van der Waals surface area (Å²) in [4.78, 5) is 27.8. The van der Waals surface area contributed by atoms with Crippen molar-refractivity contribution in [1.82, 2.24) is 19.5 Å². The van der Waals surface area contributed by atoms with Gasteiger partial charge in [0.1, 0.15) is 11.8 Å². The fourth-order valence-corrected chi connectivity index (χ4v) is 4.38. The highest BCUT2D eigenvalue weighted by atomic mass is 16.5. The number of piperazine rings is 1. The van der Waals surface area contributed by atoms with Crippen LogP contribution < -0.4 is 0 Å². The van der Waals surface area contributed by atoms with Crippen molar-refractivity contribution >= 4 is 22.8 Å². The molecule has 1 aromatic carbocycles. The predicted molar refractivity (Wildman–Crippen MR) is 113 cm³/mol. The minimum absolute atomic E-state index is 0.181. The molecule has 3 heterocycles. The van der Waals surface area contributed by atoms with E-state index in [0.717, 1.165) is 42.0 Å². The number of benzene rings is 1. The number of aliphatic carboxylic acids is 1. The molecule has 1 fully saturated rings. The normalized spacial score (nSPS) is 16.6. The summed E-state index contributed by atoms with van der Waals surface area (Å²) in [6, 6.07) is 4.02. The molecule has 0 unspecified atom stereocenters. The molecule has 1 aliphatic heterocycles. The average Bonchev–Trinajstić information content (AvgIpc) is 3.22. The second kappa shape index (κ2) is 8.16. The van der Waals surface area contributed by atoms with Crippen LogP contribution in [0.15, 0.2) is 28.9 Å². The van der Waals surface area contributed by atoms with Gasteiger partial charge in [-0.05, 0) is 26.0 Å². The lowest BCUT2D eigenvalue weighted by atomic mass is 10.0. The van der Waals surface area contributed by atoms with Gasteiger partial charge in [-0.3, -0.25) is 14.6 Å². The zero-order valence-electron chi connectivity index (χ0n) is 17.8. The number of carboxylic acids is 2. The van der Waals surface area contributed by atoms with E-state index < -0.39 is 18.0 Å². The predicted octanol–water partition coefficient (Wildman–Crippen LogP) is 2.42. The van der Waals surface area contributed by atoms with Gasteiger partial charge in [0.2, 0.25) is 0 Å². The Balaban J connectivity index is 1.55. The maximum Gasteiger partial charge on any atom is 0.335 e. The molecule has 0 bridgehead atoms. The summed E-state index contributed by atoms with van der Waals surface area (Å²) in [6.07, 6.45) is 1.80. The van der Waals surface area contributed by atoms with E-state index in [2.05, 4.69) is 10.1 Å². The Hall–Kier alpha value is -3.17. The molecule has 0 spiro atoms. The van der Waals surface area contributed by atoms with Crippen molar-refractivity contribution in [3.63, 3.8) is 0 Å². The second-order valence-corrected chi connectivity index (χ2v) is 8.09. The molecule has 0 saturated carbocycles. The SMILES string of the molecule is Cc1noc(C)c1CN1CCN([C@H](C(=O)O)c2cn(C)c3cc(C(=O)O)ccc23)CC1. The molecule has 9 nitrogen and oxygen atoms in total. The highest BCUT2D eigenvalue weighted by molar-refractivity contribution is 5.96. The lowest BCUT2D eigenvalue weighted by Crippen LogP contribution is -2.48. The minimum Gasteiger partial charge on any atom is -0.480 e. The van der Waals surface area contributed by atoms with Crippen molar-refractivity contribution in [1.29, 1.82) is 0 Å². The molecule has 1 aliphatic rings. The standard InChI is InChI=1S/C22H26N4O5/c1-13-17(14(2)31-23-13)12-25-6-8-26(9-7-25)20(22(29)30)18-11-24(3)19-10-15(21(27)28)4-5-16(18)19/h4-5,10-11,20H,6-9,12H2,1-3H3,(H,27,28)(H,29,30)/t20-/m0/s1. The van der Waals surface area contributed by atoms with Gasteiger partial charge in [0.05, 0.1) is 11.3 Å². The van der Waals surface area contributed by atoms with Gasteiger partial charge in [-0.25, -0.2) is 4.79 Å². The van der Waals surface area contributed by atoms with Crippen LogP contribution in [0.4, 0.5) is 0 Å². The summed E-state index contributed by atoms with van der Waals surface area (Å²) >= 11 is 0. The van der Waals surface area contributed by atoms with E-state index in [4.69, 9.17) is 4.52 Å². The van der Waals surface area contributed by atoms with E-state index in [-0.39, 0.29) is 5.56 Å². The van der Waals surface area contributed by atoms with Gasteiger partial charge >= 0.3 is 11.9 Å². The van der Waals surface area contributed by atoms with Crippen molar-refractivity contribution in [2.45, 2.75) is 26.4 Å². The summed E-state index contributed by atoms with van der Waals surface area (Å²) in [6.45, 7) is 7.28. The van der Waals surface area contributed by atoms with Crippen LogP contribution in [0.2, 0.25) is 0 Å². The van der Waals surface area contributed by atoms with Crippen LogP contribution in [0.25, 0.3) is 10.9 Å². The van der Waals surface area contributed by atoms with Gasteiger partial charge in [-0.1, -0.05) is 11.2 Å². The first-order valence-electron chi connectivity index (χ1n) is 10.2. The topological polar surface area (TPSA) is 112 Å². The molecular formula is C22H26N4O5. The number of aromatic nitrogens is 2. The first-order chi connectivity index (χ1) is 14.8. The number of carboxylic acid groups (broad SMARTS) is 2. The third kappa shape index (κ3) is 3.94. The Bertz CT molecular complexity index is 1120. The van der Waals surface area contributed by atoms with Crippen LogP contribution >= 0.6 is 0 Å². The fourth-order valence-electron chi connectivity index (χ4n) is 4.38. The van der Waals surface area contributed by atoms with Gasteiger partial charge in [0.25, 0.3) is 0 Å². The molecule has 1 atom stereocenters. The third-order valence-electron chi connectivity index (χ3n) is 6.13. The number of aryl methyl sites for hydroxylation is 3. The van der Waals surface area contributed by atoms with Gasteiger partial charge in [0, 0.05) is 68.0 Å². The van der Waals surface area contributed by atoms with Gasteiger partial charge in [0.15, 0.2) is 0 Å². The molecule has 0 aliphatic carbocycles. The molecule has 2 N–H and O–H groups in total. The molecule has 4 rings (SSSR count). The molecule has 1 saturated heterocycles. The first-order valence-corrected chi connectivity index (χ1v) is 10.2. The fraction of sp³-hybridized carbons (Fsp3) is 0.409. The molecule has 2 aromatic heterocycles. The Morgan fingerprint density at radius 3 is 2.45 bits per heavy atom. The average molecular weight is 426 g/mol. The van der Waals surface area contributed by atoms with Crippen molar-refractivity contribution < 1.29 is 24.3 Å². The number of fused-ring (bicyclic) bond motifs is 1. The third-order valence-corrected chi connectivity index (χ3v) is 6.13. The van der Waals surface area contributed by atoms with Crippen LogP contribution in [0.1, 0.15) is 39.0 Å². The quantitative estimate of drug-likeness (QED) is 0.618. The Morgan fingerprint density at radius 2 is 1.87 bits per heavy atom. The van der Waals surface area contributed by atoms with E-state index in [9.17, 15) is 19.8 Å². The Labute approximate surface area is 179 Å². The number of hydrogen-bond acceptors (Lipinski definition) is 6. The van der Waals surface area contributed by atoms with Crippen LogP contribution in [0, 0.1) is 13.8 Å². The van der Waals surface area contributed by atoms with E-state index >= 15 is 0 Å². The molecule has 164 valence electrons. The molecular weight excluding hydrogens is 400 g/mol. The van der Waals surface area contributed by atoms with Crippen LogP contribution in [0.3, 0.4) is 0 Å². The number of nitrogens with zero attached hydrogens (tertiary/aromatic N) is 4. The highest BCUT2D eigenvalue weighted by Gasteiger charge is 2.33. The zero-order valence-corrected chi connectivity index (χ0v) is 17.8. The molecule has 9 heteroatoms. The highest BCUT2D eigenvalue weighted by Crippen LogP contribution is 2.32. The summed E-state index contributed by atoms with van der Waals surface area (Å²) in [7, 11) is 1.80. The van der Waals surface area contributed by atoms with Crippen LogP contribution in [-0.2, 0) is 18.4 Å². The summed E-state index contributed by atoms with van der Waals surface area (Å²) < 4.78 is 7.04. The van der Waals surface area contributed by atoms with Crippen LogP contribution in [-0.4, -0.2) is 67.9 Å². The van der Waals surface area contributed by atoms with Crippen LogP contribution in [0.5, 0.6) is 0 Å². The van der Waals surface area contributed by atoms with Crippen molar-refractivity contribution in [3.8, 4) is 0 Å². The lowest BCUT2D eigenvalue weighted by Gasteiger charge is -2.37. The monoisotopic (exact) mass is 426 g/mol. The van der Waals surface area contributed by atoms with Crippen molar-refractivity contribution in [2.24, 2.45) is 7.05 Å². The van der Waals surface area contributed by atoms with Gasteiger partial charge in [-0.15, -0.1) is 0 Å². The van der Waals surface area contributed by atoms with E-state index in [0.29, 0.717) is 24.2 Å². The summed E-state index contributed by atoms with van der Waals surface area (Å²) in [5.41, 5.74) is 3.55. The maximum absolute atomic E-state index is 12.3. The Kier molecular flexibility index (Phi) is 5.55. The molecule has 0 radical (unpaired) electrons. The van der Waals surface area contributed by atoms with Gasteiger partial charge < -0.3 is 19.3 Å². The van der Waals surface area contributed by atoms with E-state index in [1.807, 2.05) is 18.7 Å². The molecule has 3 aromatic rings. The van der Waals surface area contributed by atoms with Gasteiger partial charge in [-0.2, -0.15) is 0 Å². The smallest absolute Gasteiger partial charge is 0.335 e. The Morgan fingerprint density at radius 1 is 1.16 bits per heavy atom. The van der Waals surface area contributed by atoms with Crippen molar-refractivity contribution in [2.75, 3.05) is 26.2 Å². The van der Waals surface area contributed by atoms with Crippen molar-refractivity contribution in [3.05, 3.63) is 52.5 Å². The first kappa shape index (κ1) is 21.1. The summed E-state index contributed by atoms with van der Waals surface area (Å²) in [5.74, 6) is -1.09. The lowest BCUT2D eigenvalue weighted by molar-refractivity contribution is -0.144. The molecule has 31 heavy (non-hydrogen) atoms. The summed E-state index contributed by atoms with van der Waals surface area (Å²) in [5, 5.41) is 24.1. The van der Waals surface area contributed by atoms with E-state index in [1.54, 1.807) is 29.9 Å².